The number of aromatic amines is 1. The number of H-pyrrole nitrogens is 1. The zero-order valence-electron chi connectivity index (χ0n) is 12.8. The van der Waals surface area contributed by atoms with Crippen LogP contribution in [-0.2, 0) is 7.05 Å². The topological polar surface area (TPSA) is 65.0 Å². The number of nitrogens with one attached hydrogen (secondary N) is 1. The summed E-state index contributed by atoms with van der Waals surface area (Å²) in [5.74, 6) is 2.16. The van der Waals surface area contributed by atoms with E-state index in [1.807, 2.05) is 37.7 Å². The van der Waals surface area contributed by atoms with E-state index >= 15 is 0 Å². The summed E-state index contributed by atoms with van der Waals surface area (Å²) in [6.45, 7) is 4.01. The lowest BCUT2D eigenvalue weighted by molar-refractivity contribution is 0.356. The first-order valence-electron chi connectivity index (χ1n) is 6.67. The lowest BCUT2D eigenvalue weighted by Crippen LogP contribution is -1.92. The first-order valence-corrected chi connectivity index (χ1v) is 6.67. The minimum atomic E-state index is 0.669. The van der Waals surface area contributed by atoms with Crippen LogP contribution in [0, 0.1) is 13.8 Å². The molecule has 3 aromatic rings. The van der Waals surface area contributed by atoms with Gasteiger partial charge in [-0.05, 0) is 13.8 Å². The van der Waals surface area contributed by atoms with Crippen molar-refractivity contribution in [3.8, 4) is 22.9 Å². The molecule has 2 heterocycles. The Morgan fingerprint density at radius 2 is 1.76 bits per heavy atom. The van der Waals surface area contributed by atoms with E-state index in [1.165, 1.54) is 0 Å². The van der Waals surface area contributed by atoms with Crippen molar-refractivity contribution in [1.29, 1.82) is 0 Å². The number of fused-ring (bicyclic) bond motifs is 1. The van der Waals surface area contributed by atoms with Gasteiger partial charge in [0, 0.05) is 24.9 Å². The normalized spacial score (nSPS) is 11.1. The van der Waals surface area contributed by atoms with E-state index in [1.54, 1.807) is 14.2 Å². The van der Waals surface area contributed by atoms with E-state index in [2.05, 4.69) is 15.1 Å². The van der Waals surface area contributed by atoms with Gasteiger partial charge >= 0.3 is 0 Å². The third-order valence-corrected chi connectivity index (χ3v) is 3.73. The summed E-state index contributed by atoms with van der Waals surface area (Å²) in [5.41, 5.74) is 4.81. The van der Waals surface area contributed by atoms with Gasteiger partial charge in [-0.25, -0.2) is 4.98 Å². The molecule has 21 heavy (non-hydrogen) atoms. The van der Waals surface area contributed by atoms with Crippen molar-refractivity contribution >= 4 is 11.0 Å². The van der Waals surface area contributed by atoms with E-state index in [0.717, 1.165) is 33.8 Å². The molecule has 2 aromatic heterocycles. The highest BCUT2D eigenvalue weighted by atomic mass is 16.5. The molecule has 0 aliphatic carbocycles. The number of imidazole rings is 1. The van der Waals surface area contributed by atoms with Gasteiger partial charge in [-0.15, -0.1) is 0 Å². The third-order valence-electron chi connectivity index (χ3n) is 3.73. The highest BCUT2D eigenvalue weighted by molar-refractivity contribution is 5.83. The van der Waals surface area contributed by atoms with Crippen LogP contribution in [0.15, 0.2) is 12.1 Å². The standard InChI is InChI=1S/C15H18N4O2/c1-8-14(9(2)19(3)18-8)15-16-10-6-12(20-4)13(21-5)7-11(10)17-15/h6-7H,1-5H3,(H,16,17). The van der Waals surface area contributed by atoms with E-state index in [0.29, 0.717) is 11.5 Å². The average Bonchev–Trinajstić information content (AvgIpc) is 2.97. The van der Waals surface area contributed by atoms with Gasteiger partial charge in [0.2, 0.25) is 0 Å². The second kappa shape index (κ2) is 4.80. The molecule has 0 saturated carbocycles. The molecule has 0 fully saturated rings. The Morgan fingerprint density at radius 3 is 2.33 bits per heavy atom. The third kappa shape index (κ3) is 2.03. The number of aromatic nitrogens is 4. The minimum absolute atomic E-state index is 0.669. The van der Waals surface area contributed by atoms with Crippen LogP contribution in [0.25, 0.3) is 22.4 Å². The van der Waals surface area contributed by atoms with Gasteiger partial charge < -0.3 is 14.5 Å². The maximum absolute atomic E-state index is 5.32. The second-order valence-corrected chi connectivity index (χ2v) is 4.98. The van der Waals surface area contributed by atoms with Crippen molar-refractivity contribution < 1.29 is 9.47 Å². The van der Waals surface area contributed by atoms with Gasteiger partial charge in [0.1, 0.15) is 5.82 Å². The lowest BCUT2D eigenvalue weighted by atomic mass is 10.2. The Labute approximate surface area is 122 Å². The van der Waals surface area contributed by atoms with Crippen molar-refractivity contribution in [3.63, 3.8) is 0 Å². The fourth-order valence-electron chi connectivity index (χ4n) is 2.57. The molecule has 0 bridgehead atoms. The molecule has 110 valence electrons. The molecule has 0 unspecified atom stereocenters. The Hall–Kier alpha value is -2.50. The number of benzene rings is 1. The van der Waals surface area contributed by atoms with E-state index < -0.39 is 0 Å². The summed E-state index contributed by atoms with van der Waals surface area (Å²) in [5, 5.41) is 4.43. The maximum Gasteiger partial charge on any atom is 0.163 e. The molecular weight excluding hydrogens is 268 g/mol. The summed E-state index contributed by atoms with van der Waals surface area (Å²) in [4.78, 5) is 7.99. The molecular formula is C15H18N4O2. The van der Waals surface area contributed by atoms with Gasteiger partial charge in [0.05, 0.1) is 36.5 Å². The predicted molar refractivity (Wildman–Crippen MR) is 80.9 cm³/mol. The minimum Gasteiger partial charge on any atom is -0.493 e. The second-order valence-electron chi connectivity index (χ2n) is 4.98. The highest BCUT2D eigenvalue weighted by Crippen LogP contribution is 2.33. The van der Waals surface area contributed by atoms with Gasteiger partial charge in [-0.3, -0.25) is 4.68 Å². The highest BCUT2D eigenvalue weighted by Gasteiger charge is 2.16. The van der Waals surface area contributed by atoms with E-state index in [-0.39, 0.29) is 0 Å². The number of rotatable bonds is 3. The van der Waals surface area contributed by atoms with E-state index in [4.69, 9.17) is 9.47 Å². The largest absolute Gasteiger partial charge is 0.493 e. The van der Waals surface area contributed by atoms with Gasteiger partial charge in [-0.2, -0.15) is 5.10 Å². The van der Waals surface area contributed by atoms with Gasteiger partial charge in [0.25, 0.3) is 0 Å². The first-order chi connectivity index (χ1) is 10.0. The van der Waals surface area contributed by atoms with Gasteiger partial charge in [0.15, 0.2) is 11.5 Å². The summed E-state index contributed by atoms with van der Waals surface area (Å²) in [6.07, 6.45) is 0. The van der Waals surface area contributed by atoms with Crippen LogP contribution in [0.5, 0.6) is 11.5 Å². The predicted octanol–water partition coefficient (Wildman–Crippen LogP) is 2.60. The Morgan fingerprint density at radius 1 is 1.10 bits per heavy atom. The lowest BCUT2D eigenvalue weighted by Gasteiger charge is -2.06. The molecule has 0 aliphatic heterocycles. The monoisotopic (exact) mass is 286 g/mol. The number of methoxy groups -OCH3 is 2. The fraction of sp³-hybridized carbons (Fsp3) is 0.333. The molecule has 0 spiro atoms. The molecule has 1 aromatic carbocycles. The van der Waals surface area contributed by atoms with E-state index in [9.17, 15) is 0 Å². The molecule has 0 saturated heterocycles. The number of hydrogen-bond acceptors (Lipinski definition) is 4. The van der Waals surface area contributed by atoms with Gasteiger partial charge in [-0.1, -0.05) is 0 Å². The van der Waals surface area contributed by atoms with Crippen molar-refractivity contribution in [3.05, 3.63) is 23.5 Å². The van der Waals surface area contributed by atoms with Crippen LogP contribution in [0.4, 0.5) is 0 Å². The molecule has 0 radical (unpaired) electrons. The summed E-state index contributed by atoms with van der Waals surface area (Å²) >= 11 is 0. The maximum atomic E-state index is 5.32. The molecule has 3 rings (SSSR count). The number of hydrogen-bond donors (Lipinski definition) is 1. The Balaban J connectivity index is 2.21. The number of ether oxygens (including phenoxy) is 2. The molecule has 6 heteroatoms. The smallest absolute Gasteiger partial charge is 0.163 e. The van der Waals surface area contributed by atoms with Crippen molar-refractivity contribution in [1.82, 2.24) is 19.7 Å². The molecule has 0 aliphatic rings. The summed E-state index contributed by atoms with van der Waals surface area (Å²) in [7, 11) is 5.17. The number of nitrogens with zero attached hydrogens (tertiary/aromatic N) is 3. The summed E-state index contributed by atoms with van der Waals surface area (Å²) in [6, 6.07) is 3.76. The number of aryl methyl sites for hydroxylation is 2. The van der Waals surface area contributed by atoms with Crippen LogP contribution in [0.2, 0.25) is 0 Å². The molecule has 0 atom stereocenters. The summed E-state index contributed by atoms with van der Waals surface area (Å²) < 4.78 is 12.5. The van der Waals surface area contributed by atoms with Crippen LogP contribution >= 0.6 is 0 Å². The SMILES string of the molecule is COc1cc2nc(-c3c(C)nn(C)c3C)[nH]c2cc1OC. The van der Waals surface area contributed by atoms with Crippen LogP contribution in [-0.4, -0.2) is 34.0 Å². The Bertz CT molecular complexity index is 776. The Kier molecular flexibility index (Phi) is 3.08. The zero-order valence-corrected chi connectivity index (χ0v) is 12.8. The van der Waals surface area contributed by atoms with Crippen molar-refractivity contribution in [2.24, 2.45) is 7.05 Å². The van der Waals surface area contributed by atoms with Crippen molar-refractivity contribution in [2.75, 3.05) is 14.2 Å². The van der Waals surface area contributed by atoms with Crippen LogP contribution < -0.4 is 9.47 Å². The quantitative estimate of drug-likeness (QED) is 0.803. The average molecular weight is 286 g/mol. The van der Waals surface area contributed by atoms with Crippen LogP contribution in [0.3, 0.4) is 0 Å². The molecule has 0 amide bonds. The molecule has 1 N–H and O–H groups in total. The fourth-order valence-corrected chi connectivity index (χ4v) is 2.57. The van der Waals surface area contributed by atoms with Crippen LogP contribution in [0.1, 0.15) is 11.4 Å². The first kappa shape index (κ1) is 13.5. The zero-order chi connectivity index (χ0) is 15.1. The van der Waals surface area contributed by atoms with Crippen molar-refractivity contribution in [2.45, 2.75) is 13.8 Å². The molecule has 6 nitrogen and oxygen atoms in total.